The molecule has 1 heterocycles. The molecule has 0 aromatic heterocycles. The fraction of sp³-hybridized carbons (Fsp3) is 0.300. The van der Waals surface area contributed by atoms with E-state index in [-0.39, 0.29) is 16.0 Å². The van der Waals surface area contributed by atoms with Crippen LogP contribution in [0.25, 0.3) is 0 Å². The van der Waals surface area contributed by atoms with Gasteiger partial charge < -0.3 is 10.2 Å². The SMILES string of the molecule is CC1CCN(c2ccc(NC(=S)NC(=O)c3ccc(Cl)cc3Cl)cc2)CC1. The van der Waals surface area contributed by atoms with Crippen LogP contribution in [0.15, 0.2) is 42.5 Å². The smallest absolute Gasteiger partial charge is 0.258 e. The Hall–Kier alpha value is -1.82. The standard InChI is InChI=1S/C20H21Cl2N3OS/c1-13-8-10-25(11-9-13)16-5-3-15(4-6-16)23-20(27)24-19(26)17-7-2-14(21)12-18(17)22/h2-7,12-13H,8-11H2,1H3,(H2,23,24,26,27). The van der Waals surface area contributed by atoms with Gasteiger partial charge in [-0.15, -0.1) is 0 Å². The molecule has 0 unspecified atom stereocenters. The van der Waals surface area contributed by atoms with Gasteiger partial charge in [0, 0.05) is 29.5 Å². The first-order chi connectivity index (χ1) is 12.9. The fourth-order valence-corrected chi connectivity index (χ4v) is 3.73. The van der Waals surface area contributed by atoms with Crippen LogP contribution in [0.4, 0.5) is 11.4 Å². The summed E-state index contributed by atoms with van der Waals surface area (Å²) < 4.78 is 0. The second-order valence-electron chi connectivity index (χ2n) is 6.75. The van der Waals surface area contributed by atoms with Crippen LogP contribution in [0.3, 0.4) is 0 Å². The minimum Gasteiger partial charge on any atom is -0.372 e. The van der Waals surface area contributed by atoms with Gasteiger partial charge in [0.15, 0.2) is 5.11 Å². The molecule has 0 saturated carbocycles. The zero-order valence-electron chi connectivity index (χ0n) is 15.0. The highest BCUT2D eigenvalue weighted by Crippen LogP contribution is 2.24. The highest BCUT2D eigenvalue weighted by Gasteiger charge is 2.16. The maximum Gasteiger partial charge on any atom is 0.258 e. The van der Waals surface area contributed by atoms with Crippen LogP contribution in [0, 0.1) is 5.92 Å². The third-order valence-electron chi connectivity index (χ3n) is 4.68. The van der Waals surface area contributed by atoms with Crippen LogP contribution < -0.4 is 15.5 Å². The number of hydrogen-bond acceptors (Lipinski definition) is 3. The minimum atomic E-state index is -0.381. The number of carbonyl (C=O) groups excluding carboxylic acids is 1. The van der Waals surface area contributed by atoms with E-state index in [9.17, 15) is 4.79 Å². The van der Waals surface area contributed by atoms with Crippen molar-refractivity contribution in [1.82, 2.24) is 5.32 Å². The second kappa shape index (κ2) is 8.91. The van der Waals surface area contributed by atoms with E-state index in [0.717, 1.165) is 24.7 Å². The first-order valence-electron chi connectivity index (χ1n) is 8.85. The van der Waals surface area contributed by atoms with Gasteiger partial charge in [-0.05, 0) is 73.4 Å². The average Bonchev–Trinajstić information content (AvgIpc) is 2.63. The molecule has 0 radical (unpaired) electrons. The van der Waals surface area contributed by atoms with E-state index in [1.54, 1.807) is 12.1 Å². The molecule has 1 fully saturated rings. The Balaban J connectivity index is 1.57. The van der Waals surface area contributed by atoms with Crippen LogP contribution in [-0.4, -0.2) is 24.1 Å². The molecular formula is C20H21Cl2N3OS. The van der Waals surface area contributed by atoms with Crippen LogP contribution >= 0.6 is 35.4 Å². The summed E-state index contributed by atoms with van der Waals surface area (Å²) in [5.41, 5.74) is 2.34. The molecule has 1 saturated heterocycles. The molecule has 0 bridgehead atoms. The summed E-state index contributed by atoms with van der Waals surface area (Å²) in [6.45, 7) is 4.48. The van der Waals surface area contributed by atoms with Gasteiger partial charge >= 0.3 is 0 Å². The van der Waals surface area contributed by atoms with E-state index in [1.165, 1.54) is 24.6 Å². The van der Waals surface area contributed by atoms with Gasteiger partial charge in [0.2, 0.25) is 0 Å². The first-order valence-corrected chi connectivity index (χ1v) is 10.0. The van der Waals surface area contributed by atoms with Crippen LogP contribution in [0.2, 0.25) is 10.0 Å². The number of hydrogen-bond donors (Lipinski definition) is 2. The van der Waals surface area contributed by atoms with E-state index >= 15 is 0 Å². The first kappa shape index (κ1) is 19.9. The minimum absolute atomic E-state index is 0.213. The Morgan fingerprint density at radius 1 is 1.11 bits per heavy atom. The summed E-state index contributed by atoms with van der Waals surface area (Å²) in [7, 11) is 0. The predicted molar refractivity (Wildman–Crippen MR) is 117 cm³/mol. The quantitative estimate of drug-likeness (QED) is 0.654. The molecule has 2 N–H and O–H groups in total. The molecule has 27 heavy (non-hydrogen) atoms. The third-order valence-corrected chi connectivity index (χ3v) is 5.43. The maximum absolute atomic E-state index is 12.3. The third kappa shape index (κ3) is 5.34. The van der Waals surface area contributed by atoms with Gasteiger partial charge in [0.25, 0.3) is 5.91 Å². The number of amides is 1. The van der Waals surface area contributed by atoms with Crippen molar-refractivity contribution in [1.29, 1.82) is 0 Å². The molecular weight excluding hydrogens is 401 g/mol. The summed E-state index contributed by atoms with van der Waals surface area (Å²) in [6.07, 6.45) is 2.45. The van der Waals surface area contributed by atoms with Gasteiger partial charge in [0.05, 0.1) is 10.6 Å². The van der Waals surface area contributed by atoms with E-state index in [4.69, 9.17) is 35.4 Å². The maximum atomic E-state index is 12.3. The molecule has 4 nitrogen and oxygen atoms in total. The van der Waals surface area contributed by atoms with Crippen LogP contribution in [-0.2, 0) is 0 Å². The summed E-state index contributed by atoms with van der Waals surface area (Å²) >= 11 is 17.1. The zero-order chi connectivity index (χ0) is 19.4. The summed E-state index contributed by atoms with van der Waals surface area (Å²) in [5.74, 6) is 0.422. The van der Waals surface area contributed by atoms with Crippen molar-refractivity contribution in [2.24, 2.45) is 5.92 Å². The van der Waals surface area contributed by atoms with E-state index in [2.05, 4.69) is 34.6 Å². The monoisotopic (exact) mass is 421 g/mol. The van der Waals surface area contributed by atoms with Crippen molar-refractivity contribution in [2.75, 3.05) is 23.3 Å². The Labute approximate surface area is 174 Å². The normalized spacial score (nSPS) is 14.7. The molecule has 0 atom stereocenters. The lowest BCUT2D eigenvalue weighted by Gasteiger charge is -2.32. The number of halogens is 2. The molecule has 0 spiro atoms. The number of anilines is 2. The molecule has 1 aliphatic heterocycles. The fourth-order valence-electron chi connectivity index (χ4n) is 3.03. The van der Waals surface area contributed by atoms with Crippen molar-refractivity contribution in [3.8, 4) is 0 Å². The molecule has 142 valence electrons. The lowest BCUT2D eigenvalue weighted by Crippen LogP contribution is -2.34. The summed E-state index contributed by atoms with van der Waals surface area (Å²) in [5, 5.41) is 6.62. The number of piperidine rings is 1. The summed E-state index contributed by atoms with van der Waals surface area (Å²) in [4.78, 5) is 14.7. The largest absolute Gasteiger partial charge is 0.372 e. The number of benzene rings is 2. The lowest BCUT2D eigenvalue weighted by molar-refractivity contribution is 0.0978. The van der Waals surface area contributed by atoms with Crippen molar-refractivity contribution in [3.63, 3.8) is 0 Å². The molecule has 0 aliphatic carbocycles. The topological polar surface area (TPSA) is 44.4 Å². The molecule has 2 aromatic carbocycles. The van der Waals surface area contributed by atoms with Crippen LogP contribution in [0.1, 0.15) is 30.1 Å². The molecule has 2 aromatic rings. The van der Waals surface area contributed by atoms with Crippen molar-refractivity contribution >= 4 is 57.8 Å². The van der Waals surface area contributed by atoms with Gasteiger partial charge in [-0.2, -0.15) is 0 Å². The molecule has 1 amide bonds. The summed E-state index contributed by atoms with van der Waals surface area (Å²) in [6, 6.07) is 12.8. The Morgan fingerprint density at radius 3 is 2.41 bits per heavy atom. The molecule has 7 heteroatoms. The molecule has 3 rings (SSSR count). The zero-order valence-corrected chi connectivity index (χ0v) is 17.3. The van der Waals surface area contributed by atoms with Gasteiger partial charge in [-0.3, -0.25) is 10.1 Å². The predicted octanol–water partition coefficient (Wildman–Crippen LogP) is 5.36. The Bertz CT molecular complexity index is 834. The van der Waals surface area contributed by atoms with Crippen molar-refractivity contribution < 1.29 is 4.79 Å². The Morgan fingerprint density at radius 2 is 1.78 bits per heavy atom. The number of nitrogens with zero attached hydrogens (tertiary/aromatic N) is 1. The number of thiocarbonyl (C=S) groups is 1. The van der Waals surface area contributed by atoms with E-state index in [1.807, 2.05) is 12.1 Å². The highest BCUT2D eigenvalue weighted by molar-refractivity contribution is 7.80. The highest BCUT2D eigenvalue weighted by atomic mass is 35.5. The number of nitrogens with one attached hydrogen (secondary N) is 2. The lowest BCUT2D eigenvalue weighted by atomic mass is 9.99. The van der Waals surface area contributed by atoms with Gasteiger partial charge in [-0.1, -0.05) is 30.1 Å². The Kier molecular flexibility index (Phi) is 6.58. The van der Waals surface area contributed by atoms with Crippen LogP contribution in [0.5, 0.6) is 0 Å². The van der Waals surface area contributed by atoms with Crippen molar-refractivity contribution in [2.45, 2.75) is 19.8 Å². The van der Waals surface area contributed by atoms with Gasteiger partial charge in [0.1, 0.15) is 0 Å². The van der Waals surface area contributed by atoms with Gasteiger partial charge in [-0.25, -0.2) is 0 Å². The average molecular weight is 422 g/mol. The van der Waals surface area contributed by atoms with Crippen molar-refractivity contribution in [3.05, 3.63) is 58.1 Å². The second-order valence-corrected chi connectivity index (χ2v) is 8.00. The van der Waals surface area contributed by atoms with E-state index in [0.29, 0.717) is 10.6 Å². The van der Waals surface area contributed by atoms with E-state index < -0.39 is 0 Å². The molecule has 1 aliphatic rings. The number of carbonyl (C=O) groups is 1. The number of rotatable bonds is 3.